The van der Waals surface area contributed by atoms with Crippen molar-refractivity contribution in [1.29, 1.82) is 5.26 Å². The van der Waals surface area contributed by atoms with Gasteiger partial charge in [0.15, 0.2) is 11.1 Å². The molecule has 1 aliphatic heterocycles. The molecule has 2 aromatic carbocycles. The highest BCUT2D eigenvalue weighted by molar-refractivity contribution is 7.92. The van der Waals surface area contributed by atoms with Gasteiger partial charge in [0.1, 0.15) is 5.69 Å². The number of nitrogens with one attached hydrogen (secondary N) is 1. The summed E-state index contributed by atoms with van der Waals surface area (Å²) in [5, 5.41) is 8.58. The quantitative estimate of drug-likeness (QED) is 0.668. The third-order valence-corrected chi connectivity index (χ3v) is 7.84. The van der Waals surface area contributed by atoms with Crippen LogP contribution in [-0.2, 0) is 9.84 Å². The number of para-hydroxylation sites is 2. The Balaban J connectivity index is 1.88. The molecule has 1 atom stereocenters. The van der Waals surface area contributed by atoms with Gasteiger partial charge in [0.2, 0.25) is 9.84 Å². The van der Waals surface area contributed by atoms with Crippen molar-refractivity contribution in [2.75, 3.05) is 38.1 Å². The van der Waals surface area contributed by atoms with Crippen molar-refractivity contribution in [1.82, 2.24) is 9.97 Å². The van der Waals surface area contributed by atoms with E-state index in [4.69, 9.17) is 4.98 Å². The summed E-state index contributed by atoms with van der Waals surface area (Å²) in [7, 11) is -1.85. The SMILES string of the molecule is Cc1ccc(S(=O)(=O)[C@@H](C#N)c2nc3ccccc3nc2N2CC[NH+](C)CC2)cc1C. The second-order valence-electron chi connectivity index (χ2n) is 8.17. The lowest BCUT2D eigenvalue weighted by Gasteiger charge is -2.32. The van der Waals surface area contributed by atoms with Crippen LogP contribution in [0, 0.1) is 25.2 Å². The molecule has 0 saturated carbocycles. The minimum Gasteiger partial charge on any atom is -0.344 e. The van der Waals surface area contributed by atoms with E-state index in [1.165, 1.54) is 4.90 Å². The second-order valence-corrected chi connectivity index (χ2v) is 10.2. The number of hydrogen-bond donors (Lipinski definition) is 1. The average Bonchev–Trinajstić information content (AvgIpc) is 2.76. The maximum Gasteiger partial charge on any atom is 0.200 e. The van der Waals surface area contributed by atoms with Crippen molar-refractivity contribution in [3.05, 3.63) is 59.3 Å². The van der Waals surface area contributed by atoms with Crippen LogP contribution >= 0.6 is 0 Å². The molecule has 8 heteroatoms. The van der Waals surface area contributed by atoms with Crippen molar-refractivity contribution < 1.29 is 13.3 Å². The first-order valence-corrected chi connectivity index (χ1v) is 11.9. The third-order valence-electron chi connectivity index (χ3n) is 5.98. The Labute approximate surface area is 182 Å². The van der Waals surface area contributed by atoms with Gasteiger partial charge in [-0.1, -0.05) is 18.2 Å². The number of piperazine rings is 1. The molecule has 0 radical (unpaired) electrons. The van der Waals surface area contributed by atoms with Crippen LogP contribution in [0.5, 0.6) is 0 Å². The minimum atomic E-state index is -3.98. The van der Waals surface area contributed by atoms with Gasteiger partial charge in [0.05, 0.1) is 55.2 Å². The van der Waals surface area contributed by atoms with Crippen LogP contribution in [0.3, 0.4) is 0 Å². The van der Waals surface area contributed by atoms with Gasteiger partial charge in [-0.25, -0.2) is 18.4 Å². The number of hydrogen-bond acceptors (Lipinski definition) is 6. The highest BCUT2D eigenvalue weighted by atomic mass is 32.2. The maximum atomic E-state index is 13.5. The molecule has 31 heavy (non-hydrogen) atoms. The number of nitrogens with zero attached hydrogens (tertiary/aromatic N) is 4. The molecule has 0 bridgehead atoms. The lowest BCUT2D eigenvalue weighted by molar-refractivity contribution is -0.880. The fourth-order valence-corrected chi connectivity index (χ4v) is 5.28. The molecule has 160 valence electrons. The minimum absolute atomic E-state index is 0.130. The van der Waals surface area contributed by atoms with Crippen LogP contribution in [0.15, 0.2) is 47.4 Å². The van der Waals surface area contributed by atoms with E-state index in [0.717, 1.165) is 37.3 Å². The zero-order valence-corrected chi connectivity index (χ0v) is 18.8. The molecular formula is C23H26N5O2S+. The van der Waals surface area contributed by atoms with Gasteiger partial charge in [-0.2, -0.15) is 5.26 Å². The third kappa shape index (κ3) is 3.99. The summed E-state index contributed by atoms with van der Waals surface area (Å²) in [6.07, 6.45) is 0. The van der Waals surface area contributed by atoms with Gasteiger partial charge in [0.25, 0.3) is 0 Å². The van der Waals surface area contributed by atoms with E-state index in [9.17, 15) is 13.7 Å². The second kappa shape index (κ2) is 8.25. The molecule has 3 aromatic rings. The molecule has 0 unspecified atom stereocenters. The number of rotatable bonds is 4. The number of likely N-dealkylation sites (N-methyl/N-ethyl adjacent to an activating group) is 1. The van der Waals surface area contributed by atoms with Crippen LogP contribution in [0.2, 0.25) is 0 Å². The summed E-state index contributed by atoms with van der Waals surface area (Å²) >= 11 is 0. The first-order chi connectivity index (χ1) is 14.8. The predicted octanol–water partition coefficient (Wildman–Crippen LogP) is 1.62. The Morgan fingerprint density at radius 1 is 1.03 bits per heavy atom. The van der Waals surface area contributed by atoms with E-state index < -0.39 is 15.1 Å². The molecule has 1 aliphatic rings. The molecule has 1 aromatic heterocycles. The topological polar surface area (TPSA) is 91.4 Å². The average molecular weight is 437 g/mol. The smallest absolute Gasteiger partial charge is 0.200 e. The van der Waals surface area contributed by atoms with E-state index in [-0.39, 0.29) is 10.6 Å². The van der Waals surface area contributed by atoms with E-state index in [1.807, 2.05) is 38.1 Å². The number of benzene rings is 2. The van der Waals surface area contributed by atoms with Gasteiger partial charge >= 0.3 is 0 Å². The number of aromatic nitrogens is 2. The van der Waals surface area contributed by atoms with Crippen LogP contribution < -0.4 is 9.80 Å². The maximum absolute atomic E-state index is 13.5. The van der Waals surface area contributed by atoms with Crippen LogP contribution in [0.25, 0.3) is 11.0 Å². The first-order valence-electron chi connectivity index (χ1n) is 10.3. The lowest BCUT2D eigenvalue weighted by atomic mass is 10.1. The summed E-state index contributed by atoms with van der Waals surface area (Å²) in [6, 6.07) is 14.3. The number of quaternary nitrogens is 1. The standard InChI is InChI=1S/C23H25N5O2S/c1-16-8-9-18(14-17(16)2)31(29,30)21(15-24)22-23(28-12-10-27(3)11-13-28)26-20-7-5-4-6-19(20)25-22/h4-9,14,21H,10-13H2,1-3H3/p+1/t21-/m0/s1. The number of aryl methyl sites for hydroxylation is 2. The van der Waals surface area contributed by atoms with Crippen molar-refractivity contribution in [3.8, 4) is 6.07 Å². The monoisotopic (exact) mass is 436 g/mol. The highest BCUT2D eigenvalue weighted by Gasteiger charge is 2.35. The van der Waals surface area contributed by atoms with Crippen LogP contribution in [0.1, 0.15) is 22.1 Å². The molecule has 4 rings (SSSR count). The summed E-state index contributed by atoms with van der Waals surface area (Å²) in [6.45, 7) is 7.07. The van der Waals surface area contributed by atoms with Gasteiger partial charge in [-0.15, -0.1) is 0 Å². The molecule has 1 fully saturated rings. The Bertz CT molecular complexity index is 1270. The van der Waals surface area contributed by atoms with Crippen molar-refractivity contribution in [2.24, 2.45) is 0 Å². The summed E-state index contributed by atoms with van der Waals surface area (Å²) in [5.41, 5.74) is 3.34. The van der Waals surface area contributed by atoms with E-state index in [0.29, 0.717) is 16.9 Å². The Morgan fingerprint density at radius 2 is 1.68 bits per heavy atom. The van der Waals surface area contributed by atoms with Gasteiger partial charge in [0, 0.05) is 0 Å². The first kappa shape index (κ1) is 21.2. The Morgan fingerprint density at radius 3 is 2.29 bits per heavy atom. The summed E-state index contributed by atoms with van der Waals surface area (Å²) < 4.78 is 27.1. The molecule has 0 amide bonds. The molecular weight excluding hydrogens is 410 g/mol. The molecule has 1 saturated heterocycles. The molecule has 0 spiro atoms. The number of fused-ring (bicyclic) bond motifs is 1. The normalized spacial score (nSPS) is 16.3. The van der Waals surface area contributed by atoms with E-state index in [1.54, 1.807) is 24.3 Å². The largest absolute Gasteiger partial charge is 0.344 e. The van der Waals surface area contributed by atoms with E-state index in [2.05, 4.69) is 16.9 Å². The molecule has 1 N–H and O–H groups in total. The number of nitriles is 1. The molecule has 7 nitrogen and oxygen atoms in total. The summed E-state index contributed by atoms with van der Waals surface area (Å²) in [4.78, 5) is 13.0. The fraction of sp³-hybridized carbons (Fsp3) is 0.348. The van der Waals surface area contributed by atoms with Gasteiger partial charge in [-0.3, -0.25) is 0 Å². The zero-order valence-electron chi connectivity index (χ0n) is 18.0. The van der Waals surface area contributed by atoms with Gasteiger partial charge in [-0.05, 0) is 49.2 Å². The zero-order chi connectivity index (χ0) is 22.2. The fourth-order valence-electron chi connectivity index (χ4n) is 3.82. The summed E-state index contributed by atoms with van der Waals surface area (Å²) in [5.74, 6) is 0.491. The highest BCUT2D eigenvalue weighted by Crippen LogP contribution is 2.34. The lowest BCUT2D eigenvalue weighted by Crippen LogP contribution is -3.12. The molecule has 2 heterocycles. The van der Waals surface area contributed by atoms with Crippen LogP contribution in [-0.4, -0.2) is 51.6 Å². The molecule has 0 aliphatic carbocycles. The van der Waals surface area contributed by atoms with Gasteiger partial charge < -0.3 is 9.80 Å². The Hall–Kier alpha value is -3.02. The van der Waals surface area contributed by atoms with Crippen molar-refractivity contribution in [2.45, 2.75) is 24.0 Å². The van der Waals surface area contributed by atoms with E-state index >= 15 is 0 Å². The predicted molar refractivity (Wildman–Crippen MR) is 120 cm³/mol. The van der Waals surface area contributed by atoms with Crippen molar-refractivity contribution >= 4 is 26.7 Å². The number of anilines is 1. The Kier molecular flexibility index (Phi) is 5.65. The van der Waals surface area contributed by atoms with Crippen molar-refractivity contribution in [3.63, 3.8) is 0 Å². The number of sulfone groups is 1. The van der Waals surface area contributed by atoms with Crippen LogP contribution in [0.4, 0.5) is 5.82 Å².